The second kappa shape index (κ2) is 9.20. The van der Waals surface area contributed by atoms with Gasteiger partial charge in [0.25, 0.3) is 0 Å². The molecule has 1 atom stereocenters. The van der Waals surface area contributed by atoms with E-state index < -0.39 is 0 Å². The molecular weight excluding hydrogens is 368 g/mol. The van der Waals surface area contributed by atoms with Crippen molar-refractivity contribution in [2.45, 2.75) is 32.7 Å². The molecule has 2 heterocycles. The smallest absolute Gasteiger partial charge is 0.243 e. The minimum absolute atomic E-state index is 0.00717. The summed E-state index contributed by atoms with van der Waals surface area (Å²) in [7, 11) is 0. The maximum Gasteiger partial charge on any atom is 0.243 e. The SMILES string of the molecule is C=CCN(CC(=O)N1CCc2sccc2C1c1ccccc1)C(=O)CC(C)C. The van der Waals surface area contributed by atoms with E-state index in [9.17, 15) is 9.59 Å². The number of carbonyl (C=O) groups is 2. The molecule has 148 valence electrons. The lowest BCUT2D eigenvalue weighted by molar-refractivity contribution is -0.141. The van der Waals surface area contributed by atoms with Gasteiger partial charge in [0.15, 0.2) is 0 Å². The van der Waals surface area contributed by atoms with Crippen LogP contribution in [-0.4, -0.2) is 41.2 Å². The highest BCUT2D eigenvalue weighted by Crippen LogP contribution is 2.37. The molecule has 5 heteroatoms. The van der Waals surface area contributed by atoms with E-state index in [1.807, 2.05) is 36.9 Å². The second-order valence-electron chi connectivity index (χ2n) is 7.61. The first-order valence-corrected chi connectivity index (χ1v) is 10.7. The molecule has 0 aliphatic carbocycles. The first kappa shape index (κ1) is 20.3. The van der Waals surface area contributed by atoms with Gasteiger partial charge < -0.3 is 9.80 Å². The summed E-state index contributed by atoms with van der Waals surface area (Å²) >= 11 is 1.76. The average Bonchev–Trinajstić information content (AvgIpc) is 3.15. The minimum Gasteiger partial charge on any atom is -0.330 e. The summed E-state index contributed by atoms with van der Waals surface area (Å²) in [6.07, 6.45) is 2.99. The fourth-order valence-electron chi connectivity index (χ4n) is 3.72. The van der Waals surface area contributed by atoms with Crippen molar-refractivity contribution >= 4 is 23.2 Å². The zero-order valence-electron chi connectivity index (χ0n) is 16.6. The highest BCUT2D eigenvalue weighted by molar-refractivity contribution is 7.10. The highest BCUT2D eigenvalue weighted by Gasteiger charge is 2.33. The molecule has 0 spiro atoms. The fraction of sp³-hybridized carbons (Fsp3) is 0.391. The average molecular weight is 397 g/mol. The number of thiophene rings is 1. The summed E-state index contributed by atoms with van der Waals surface area (Å²) in [6.45, 7) is 8.94. The summed E-state index contributed by atoms with van der Waals surface area (Å²) < 4.78 is 0. The Hall–Kier alpha value is -2.40. The Bertz CT molecular complexity index is 828. The zero-order chi connectivity index (χ0) is 20.1. The van der Waals surface area contributed by atoms with Crippen LogP contribution < -0.4 is 0 Å². The van der Waals surface area contributed by atoms with Crippen LogP contribution in [0.4, 0.5) is 0 Å². The van der Waals surface area contributed by atoms with Crippen LogP contribution in [0, 0.1) is 5.92 Å². The number of hydrogen-bond acceptors (Lipinski definition) is 3. The van der Waals surface area contributed by atoms with Gasteiger partial charge in [-0.25, -0.2) is 0 Å². The lowest BCUT2D eigenvalue weighted by atomic mass is 9.93. The zero-order valence-corrected chi connectivity index (χ0v) is 17.5. The molecule has 0 fully saturated rings. The van der Waals surface area contributed by atoms with Gasteiger partial charge in [-0.3, -0.25) is 9.59 Å². The van der Waals surface area contributed by atoms with Gasteiger partial charge >= 0.3 is 0 Å². The van der Waals surface area contributed by atoms with E-state index in [4.69, 9.17) is 0 Å². The summed E-state index contributed by atoms with van der Waals surface area (Å²) in [6, 6.07) is 12.2. The van der Waals surface area contributed by atoms with Crippen molar-refractivity contribution in [2.24, 2.45) is 5.92 Å². The molecule has 3 rings (SSSR count). The largest absolute Gasteiger partial charge is 0.330 e. The van der Waals surface area contributed by atoms with E-state index in [2.05, 4.69) is 30.2 Å². The summed E-state index contributed by atoms with van der Waals surface area (Å²) in [5.74, 6) is 0.257. The van der Waals surface area contributed by atoms with Crippen LogP contribution in [0.1, 0.15) is 42.3 Å². The summed E-state index contributed by atoms with van der Waals surface area (Å²) in [5.41, 5.74) is 2.32. The van der Waals surface area contributed by atoms with E-state index in [0.29, 0.717) is 19.5 Å². The number of hydrogen-bond donors (Lipinski definition) is 0. The van der Waals surface area contributed by atoms with E-state index in [1.165, 1.54) is 10.4 Å². The topological polar surface area (TPSA) is 40.6 Å². The standard InChI is InChI=1S/C23H28N2O2S/c1-4-12-24(21(26)15-17(2)3)16-22(27)25-13-10-20-19(11-14-28-20)23(25)18-8-6-5-7-9-18/h4-9,11,14,17,23H,1,10,12-13,15-16H2,2-3H3. The third-order valence-corrected chi connectivity index (χ3v) is 6.01. The second-order valence-corrected chi connectivity index (χ2v) is 8.61. The van der Waals surface area contributed by atoms with Crippen LogP contribution >= 0.6 is 11.3 Å². The Balaban J connectivity index is 1.84. The minimum atomic E-state index is -0.0884. The number of carbonyl (C=O) groups excluding carboxylic acids is 2. The lowest BCUT2D eigenvalue weighted by Gasteiger charge is -2.37. The molecule has 1 aromatic carbocycles. The number of benzene rings is 1. The Morgan fingerprint density at radius 2 is 2.04 bits per heavy atom. The van der Waals surface area contributed by atoms with Gasteiger partial charge in [0.05, 0.1) is 6.04 Å². The first-order valence-electron chi connectivity index (χ1n) is 9.80. The molecule has 0 bridgehead atoms. The normalized spacial score (nSPS) is 16.0. The number of nitrogens with zero attached hydrogens (tertiary/aromatic N) is 2. The highest BCUT2D eigenvalue weighted by atomic mass is 32.1. The first-order chi connectivity index (χ1) is 13.5. The van der Waals surface area contributed by atoms with Gasteiger partial charge in [0.2, 0.25) is 11.8 Å². The van der Waals surface area contributed by atoms with Crippen LogP contribution in [0.25, 0.3) is 0 Å². The fourth-order valence-corrected chi connectivity index (χ4v) is 4.63. The van der Waals surface area contributed by atoms with Crippen molar-refractivity contribution in [2.75, 3.05) is 19.6 Å². The molecule has 0 radical (unpaired) electrons. The van der Waals surface area contributed by atoms with Crippen molar-refractivity contribution < 1.29 is 9.59 Å². The predicted molar refractivity (Wildman–Crippen MR) is 114 cm³/mol. The van der Waals surface area contributed by atoms with Crippen molar-refractivity contribution in [1.82, 2.24) is 9.80 Å². The van der Waals surface area contributed by atoms with Crippen LogP contribution in [0.15, 0.2) is 54.4 Å². The van der Waals surface area contributed by atoms with Gasteiger partial charge in [-0.1, -0.05) is 50.3 Å². The van der Waals surface area contributed by atoms with Crippen LogP contribution in [0.3, 0.4) is 0 Å². The third kappa shape index (κ3) is 4.53. The van der Waals surface area contributed by atoms with Crippen molar-refractivity contribution in [3.8, 4) is 0 Å². The quantitative estimate of drug-likeness (QED) is 0.655. The molecule has 2 amide bonds. The van der Waals surface area contributed by atoms with Crippen molar-refractivity contribution in [3.05, 3.63) is 70.4 Å². The van der Waals surface area contributed by atoms with Gasteiger partial charge in [0, 0.05) is 24.4 Å². The van der Waals surface area contributed by atoms with Gasteiger partial charge in [-0.15, -0.1) is 17.9 Å². The summed E-state index contributed by atoms with van der Waals surface area (Å²) in [5, 5.41) is 2.10. The molecule has 28 heavy (non-hydrogen) atoms. The predicted octanol–water partition coefficient (Wildman–Crippen LogP) is 4.28. The molecule has 1 aliphatic rings. The molecule has 2 aromatic rings. The monoisotopic (exact) mass is 396 g/mol. The molecule has 0 saturated heterocycles. The molecule has 4 nitrogen and oxygen atoms in total. The van der Waals surface area contributed by atoms with Crippen LogP contribution in [0.5, 0.6) is 0 Å². The molecule has 0 N–H and O–H groups in total. The van der Waals surface area contributed by atoms with Crippen molar-refractivity contribution in [3.63, 3.8) is 0 Å². The Morgan fingerprint density at radius 3 is 2.71 bits per heavy atom. The van der Waals surface area contributed by atoms with E-state index >= 15 is 0 Å². The maximum absolute atomic E-state index is 13.3. The molecule has 1 aliphatic heterocycles. The van der Waals surface area contributed by atoms with E-state index in [0.717, 1.165) is 12.0 Å². The van der Waals surface area contributed by atoms with E-state index in [-0.39, 0.29) is 30.3 Å². The van der Waals surface area contributed by atoms with Gasteiger partial charge in [-0.05, 0) is 34.9 Å². The number of rotatable bonds is 7. The number of fused-ring (bicyclic) bond motifs is 1. The summed E-state index contributed by atoms with van der Waals surface area (Å²) in [4.78, 5) is 30.8. The number of amides is 2. The molecule has 1 aromatic heterocycles. The molecular formula is C23H28N2O2S. The Kier molecular flexibility index (Phi) is 6.68. The van der Waals surface area contributed by atoms with E-state index in [1.54, 1.807) is 22.3 Å². The third-order valence-electron chi connectivity index (χ3n) is 5.01. The molecule has 0 saturated carbocycles. The van der Waals surface area contributed by atoms with Gasteiger partial charge in [-0.2, -0.15) is 0 Å². The Morgan fingerprint density at radius 1 is 1.29 bits per heavy atom. The molecule has 1 unspecified atom stereocenters. The van der Waals surface area contributed by atoms with Crippen LogP contribution in [0.2, 0.25) is 0 Å². The lowest BCUT2D eigenvalue weighted by Crippen LogP contribution is -2.47. The van der Waals surface area contributed by atoms with Gasteiger partial charge in [0.1, 0.15) is 6.54 Å². The Labute approximate surface area is 171 Å². The van der Waals surface area contributed by atoms with Crippen LogP contribution in [-0.2, 0) is 16.0 Å². The van der Waals surface area contributed by atoms with Crippen molar-refractivity contribution in [1.29, 1.82) is 0 Å². The maximum atomic E-state index is 13.3.